The molecule has 3 atom stereocenters. The summed E-state index contributed by atoms with van der Waals surface area (Å²) in [6.45, 7) is 0. The number of benzene rings is 4. The molecule has 1 saturated heterocycles. The number of halogens is 1. The van der Waals surface area contributed by atoms with Crippen LogP contribution >= 0.6 is 11.6 Å². The van der Waals surface area contributed by atoms with Crippen molar-refractivity contribution < 1.29 is 14.4 Å². The Kier molecular flexibility index (Phi) is 5.64. The van der Waals surface area contributed by atoms with E-state index in [2.05, 4.69) is 29.6 Å². The van der Waals surface area contributed by atoms with Gasteiger partial charge in [-0.05, 0) is 52.1 Å². The van der Waals surface area contributed by atoms with E-state index in [0.29, 0.717) is 10.7 Å². The number of carbonyl (C=O) groups excluding carboxylic acids is 3. The monoisotopic (exact) mass is 532 g/mol. The maximum absolute atomic E-state index is 14.3. The van der Waals surface area contributed by atoms with E-state index in [-0.39, 0.29) is 30.1 Å². The van der Waals surface area contributed by atoms with Crippen LogP contribution in [0.25, 0.3) is 0 Å². The zero-order chi connectivity index (χ0) is 26.7. The molecule has 192 valence electrons. The minimum atomic E-state index is -0.987. The van der Waals surface area contributed by atoms with E-state index >= 15 is 0 Å². The van der Waals surface area contributed by atoms with Crippen molar-refractivity contribution in [3.8, 4) is 0 Å². The zero-order valence-corrected chi connectivity index (χ0v) is 21.7. The highest BCUT2D eigenvalue weighted by molar-refractivity contribution is 6.30. The van der Waals surface area contributed by atoms with Crippen LogP contribution in [0.3, 0.4) is 0 Å². The first-order chi connectivity index (χ1) is 19.0. The van der Waals surface area contributed by atoms with Gasteiger partial charge in [0.25, 0.3) is 0 Å². The Bertz CT molecular complexity index is 1500. The highest BCUT2D eigenvalue weighted by Gasteiger charge is 2.63. The molecule has 1 N–H and O–H groups in total. The Labute approximate surface area is 231 Å². The van der Waals surface area contributed by atoms with E-state index < -0.39 is 23.8 Å². The van der Waals surface area contributed by atoms with Crippen molar-refractivity contribution in [2.24, 2.45) is 11.8 Å². The molecule has 3 aliphatic carbocycles. The molecule has 0 aromatic heterocycles. The fourth-order valence-corrected chi connectivity index (χ4v) is 7.03. The molecular formula is C33H25ClN2O3. The first-order valence-corrected chi connectivity index (χ1v) is 13.6. The van der Waals surface area contributed by atoms with E-state index in [4.69, 9.17) is 11.6 Å². The summed E-state index contributed by atoms with van der Waals surface area (Å²) >= 11 is 6.03. The van der Waals surface area contributed by atoms with Gasteiger partial charge in [0.05, 0.1) is 11.8 Å². The molecule has 3 amide bonds. The highest BCUT2D eigenvalue weighted by Crippen LogP contribution is 2.61. The van der Waals surface area contributed by atoms with Gasteiger partial charge in [0.1, 0.15) is 6.04 Å². The van der Waals surface area contributed by atoms with Gasteiger partial charge >= 0.3 is 0 Å². The lowest BCUT2D eigenvalue weighted by atomic mass is 9.55. The van der Waals surface area contributed by atoms with Crippen LogP contribution in [0.4, 0.5) is 5.69 Å². The Morgan fingerprint density at radius 3 is 1.64 bits per heavy atom. The number of imide groups is 1. The van der Waals surface area contributed by atoms with Crippen LogP contribution in [0.15, 0.2) is 103 Å². The topological polar surface area (TPSA) is 66.5 Å². The SMILES string of the molecule is O=C(Nc1ccc(Cl)cc1)[C@H](Cc1ccccc1)N1C(=O)[C@@H]2C3c4ccccc4C(c4ccccc43)[C@@H]2C1=O. The van der Waals surface area contributed by atoms with Gasteiger partial charge in [-0.25, -0.2) is 0 Å². The predicted octanol–water partition coefficient (Wildman–Crippen LogP) is 5.78. The number of hydrogen-bond acceptors (Lipinski definition) is 3. The molecule has 0 radical (unpaired) electrons. The molecule has 0 unspecified atom stereocenters. The standard InChI is InChI=1S/C33H25ClN2O3/c34-20-14-16-21(17-15-20)35-31(37)26(18-19-8-2-1-3-9-19)36-32(38)29-27-22-10-4-5-11-23(22)28(30(29)33(36)39)25-13-7-6-12-24(25)27/h1-17,26-30H,18H2,(H,35,37)/t26-,27?,28?,29-,30+/m0/s1. The minimum Gasteiger partial charge on any atom is -0.324 e. The number of amides is 3. The number of nitrogens with one attached hydrogen (secondary N) is 1. The summed E-state index contributed by atoms with van der Waals surface area (Å²) in [6, 6.07) is 31.6. The van der Waals surface area contributed by atoms with E-state index in [9.17, 15) is 14.4 Å². The largest absolute Gasteiger partial charge is 0.324 e. The van der Waals surface area contributed by atoms with Crippen molar-refractivity contribution in [3.05, 3.63) is 136 Å². The average Bonchev–Trinajstić information content (AvgIpc) is 3.23. The van der Waals surface area contributed by atoms with Crippen LogP contribution < -0.4 is 5.32 Å². The van der Waals surface area contributed by atoms with Gasteiger partial charge in [0.15, 0.2) is 0 Å². The van der Waals surface area contributed by atoms with Gasteiger partial charge in [-0.15, -0.1) is 0 Å². The Balaban J connectivity index is 1.31. The molecular weight excluding hydrogens is 508 g/mol. The molecule has 39 heavy (non-hydrogen) atoms. The number of anilines is 1. The lowest BCUT2D eigenvalue weighted by Gasteiger charge is -2.45. The van der Waals surface area contributed by atoms with Crippen LogP contribution in [0.1, 0.15) is 39.7 Å². The van der Waals surface area contributed by atoms with Gasteiger partial charge < -0.3 is 5.32 Å². The van der Waals surface area contributed by atoms with Gasteiger partial charge in [0.2, 0.25) is 17.7 Å². The lowest BCUT2D eigenvalue weighted by molar-refractivity contribution is -0.146. The number of rotatable bonds is 5. The van der Waals surface area contributed by atoms with Crippen molar-refractivity contribution in [2.75, 3.05) is 5.32 Å². The van der Waals surface area contributed by atoms with Gasteiger partial charge in [0, 0.05) is 29.0 Å². The second kappa shape index (κ2) is 9.21. The summed E-state index contributed by atoms with van der Waals surface area (Å²) in [5.41, 5.74) is 5.86. The summed E-state index contributed by atoms with van der Waals surface area (Å²) in [4.78, 5) is 43.7. The van der Waals surface area contributed by atoms with Crippen LogP contribution in [0.2, 0.25) is 5.02 Å². The molecule has 6 heteroatoms. The molecule has 4 aromatic rings. The quantitative estimate of drug-likeness (QED) is 0.331. The minimum absolute atomic E-state index is 0.217. The first kappa shape index (κ1) is 23.9. The van der Waals surface area contributed by atoms with Crippen molar-refractivity contribution in [2.45, 2.75) is 24.3 Å². The molecule has 2 bridgehead atoms. The van der Waals surface area contributed by atoms with Crippen LogP contribution in [-0.2, 0) is 20.8 Å². The Hall–Kier alpha value is -4.22. The number of likely N-dealkylation sites (tertiary alicyclic amines) is 1. The fourth-order valence-electron chi connectivity index (χ4n) is 6.90. The third-order valence-electron chi connectivity index (χ3n) is 8.48. The van der Waals surface area contributed by atoms with E-state index in [1.54, 1.807) is 24.3 Å². The normalized spacial score (nSPS) is 23.2. The molecule has 4 aromatic carbocycles. The van der Waals surface area contributed by atoms with Gasteiger partial charge in [-0.2, -0.15) is 0 Å². The summed E-state index contributed by atoms with van der Waals surface area (Å²) < 4.78 is 0. The third-order valence-corrected chi connectivity index (χ3v) is 8.73. The van der Waals surface area contributed by atoms with Gasteiger partial charge in [-0.3, -0.25) is 19.3 Å². The second-order valence-electron chi connectivity index (χ2n) is 10.5. The third kappa shape index (κ3) is 3.72. The molecule has 4 aliphatic rings. The first-order valence-electron chi connectivity index (χ1n) is 13.2. The molecule has 1 aliphatic heterocycles. The smallest absolute Gasteiger partial charge is 0.248 e. The summed E-state index contributed by atoms with van der Waals surface area (Å²) in [5, 5.41) is 3.47. The number of nitrogens with zero attached hydrogens (tertiary/aromatic N) is 1. The molecule has 1 fully saturated rings. The van der Waals surface area contributed by atoms with Crippen molar-refractivity contribution in [3.63, 3.8) is 0 Å². The molecule has 1 heterocycles. The van der Waals surface area contributed by atoms with Crippen molar-refractivity contribution in [1.82, 2.24) is 4.90 Å². The molecule has 8 rings (SSSR count). The highest BCUT2D eigenvalue weighted by atomic mass is 35.5. The van der Waals surface area contributed by atoms with Crippen molar-refractivity contribution >= 4 is 35.0 Å². The second-order valence-corrected chi connectivity index (χ2v) is 10.9. The van der Waals surface area contributed by atoms with E-state index in [0.717, 1.165) is 27.8 Å². The summed E-state index contributed by atoms with van der Waals surface area (Å²) in [7, 11) is 0. The van der Waals surface area contributed by atoms with Crippen LogP contribution in [0, 0.1) is 11.8 Å². The molecule has 0 spiro atoms. The maximum atomic E-state index is 14.3. The Morgan fingerprint density at radius 2 is 1.15 bits per heavy atom. The number of carbonyl (C=O) groups is 3. The lowest BCUT2D eigenvalue weighted by Crippen LogP contribution is -2.49. The summed E-state index contributed by atoms with van der Waals surface area (Å²) in [5.74, 6) is -2.44. The maximum Gasteiger partial charge on any atom is 0.248 e. The van der Waals surface area contributed by atoms with Crippen LogP contribution in [0.5, 0.6) is 0 Å². The Morgan fingerprint density at radius 1 is 0.692 bits per heavy atom. The van der Waals surface area contributed by atoms with Crippen molar-refractivity contribution in [1.29, 1.82) is 0 Å². The average molecular weight is 533 g/mol. The van der Waals surface area contributed by atoms with E-state index in [1.165, 1.54) is 4.90 Å². The predicted molar refractivity (Wildman–Crippen MR) is 149 cm³/mol. The fraction of sp³-hybridized carbons (Fsp3) is 0.182. The van der Waals surface area contributed by atoms with E-state index in [1.807, 2.05) is 54.6 Å². The van der Waals surface area contributed by atoms with Gasteiger partial charge in [-0.1, -0.05) is 90.5 Å². The zero-order valence-electron chi connectivity index (χ0n) is 21.0. The summed E-state index contributed by atoms with van der Waals surface area (Å²) in [6.07, 6.45) is 0.229. The van der Waals surface area contributed by atoms with Crippen LogP contribution in [-0.4, -0.2) is 28.7 Å². The molecule has 5 nitrogen and oxygen atoms in total. The molecule has 0 saturated carbocycles. The number of hydrogen-bond donors (Lipinski definition) is 1.